The van der Waals surface area contributed by atoms with Crippen LogP contribution in [0.25, 0.3) is 27.9 Å². The lowest BCUT2D eigenvalue weighted by molar-refractivity contribution is -0.139. The zero-order valence-electron chi connectivity index (χ0n) is 24.5. The number of carbonyl (C=O) groups excluding carboxylic acids is 1. The van der Waals surface area contributed by atoms with Crippen LogP contribution in [0, 0.1) is 0 Å². The minimum absolute atomic E-state index is 0.214. The fraction of sp³-hybridized carbons (Fsp3) is 0.265. The van der Waals surface area contributed by atoms with E-state index in [9.17, 15) is 9.59 Å². The highest BCUT2D eigenvalue weighted by Crippen LogP contribution is 2.38. The second-order valence-corrected chi connectivity index (χ2v) is 12.3. The van der Waals surface area contributed by atoms with E-state index in [0.717, 1.165) is 33.9 Å². The largest absolute Gasteiger partial charge is 0.496 e. The number of allylic oxidation sites excluding steroid dienone is 1. The molecular formula is C34H32BrN3O4S. The molecule has 5 aromatic rings. The van der Waals surface area contributed by atoms with Gasteiger partial charge in [0.15, 0.2) is 4.80 Å². The fourth-order valence-electron chi connectivity index (χ4n) is 5.99. The highest BCUT2D eigenvalue weighted by Gasteiger charge is 2.36. The number of hydrogen-bond acceptors (Lipinski definition) is 6. The van der Waals surface area contributed by atoms with Gasteiger partial charge in [0.2, 0.25) is 0 Å². The maximum atomic E-state index is 14.3. The van der Waals surface area contributed by atoms with Crippen LogP contribution in [0.2, 0.25) is 0 Å². The molecule has 3 heterocycles. The van der Waals surface area contributed by atoms with Gasteiger partial charge in [-0.2, -0.15) is 0 Å². The second kappa shape index (κ2) is 12.0. The zero-order chi connectivity index (χ0) is 30.2. The first kappa shape index (κ1) is 29.1. The zero-order valence-corrected chi connectivity index (χ0v) is 26.9. The molecule has 0 spiro atoms. The van der Waals surface area contributed by atoms with Gasteiger partial charge in [0, 0.05) is 38.4 Å². The predicted molar refractivity (Wildman–Crippen MR) is 175 cm³/mol. The summed E-state index contributed by atoms with van der Waals surface area (Å²) < 4.78 is 16.5. The molecule has 0 fully saturated rings. The molecule has 0 unspecified atom stereocenters. The van der Waals surface area contributed by atoms with E-state index in [1.54, 1.807) is 18.6 Å². The van der Waals surface area contributed by atoms with Gasteiger partial charge in [-0.1, -0.05) is 64.9 Å². The van der Waals surface area contributed by atoms with Gasteiger partial charge in [-0.3, -0.25) is 9.36 Å². The Kier molecular flexibility index (Phi) is 8.11. The standard InChI is InChI=1S/C34H32BrN3O4S/c1-5-10-25-30(33(40)42-7-3)31(24-19-21(35)14-16-28(24)41-4)38-32(39)29(43-34(38)36-25)18-20-13-15-27-23(17-20)22-11-8-9-12-26(22)37(27)6-2/h8-9,11-19,31H,5-7,10H2,1-4H3/b29-18+/t31-/m0/s1. The molecule has 0 N–H and O–H groups in total. The molecule has 3 aromatic carbocycles. The summed E-state index contributed by atoms with van der Waals surface area (Å²) in [7, 11) is 1.59. The number of aromatic nitrogens is 2. The molecular weight excluding hydrogens is 626 g/mol. The number of benzene rings is 3. The van der Waals surface area contributed by atoms with Gasteiger partial charge in [-0.15, -0.1) is 0 Å². The van der Waals surface area contributed by atoms with E-state index >= 15 is 0 Å². The number of rotatable bonds is 8. The van der Waals surface area contributed by atoms with Crippen molar-refractivity contribution in [3.05, 3.63) is 107 Å². The molecule has 1 atom stereocenters. The molecule has 6 rings (SSSR count). The van der Waals surface area contributed by atoms with Crippen LogP contribution in [-0.2, 0) is 16.1 Å². The number of para-hydroxylation sites is 1. The molecule has 43 heavy (non-hydrogen) atoms. The van der Waals surface area contributed by atoms with Crippen LogP contribution in [0.5, 0.6) is 5.75 Å². The summed E-state index contributed by atoms with van der Waals surface area (Å²) in [4.78, 5) is 33.2. The maximum Gasteiger partial charge on any atom is 0.338 e. The number of hydrogen-bond donors (Lipinski definition) is 0. The number of fused-ring (bicyclic) bond motifs is 4. The Morgan fingerprint density at radius 2 is 1.84 bits per heavy atom. The summed E-state index contributed by atoms with van der Waals surface area (Å²) in [5.74, 6) is 0.0915. The van der Waals surface area contributed by atoms with E-state index in [-0.39, 0.29) is 12.2 Å². The average Bonchev–Trinajstić information content (AvgIpc) is 3.49. The van der Waals surface area contributed by atoms with Crippen molar-refractivity contribution in [3.63, 3.8) is 0 Å². The Hall–Kier alpha value is -3.95. The third-order valence-corrected chi connectivity index (χ3v) is 9.27. The summed E-state index contributed by atoms with van der Waals surface area (Å²) in [6.07, 6.45) is 3.28. The van der Waals surface area contributed by atoms with Crippen molar-refractivity contribution in [3.8, 4) is 5.75 Å². The van der Waals surface area contributed by atoms with E-state index in [4.69, 9.17) is 14.5 Å². The molecule has 0 amide bonds. The van der Waals surface area contributed by atoms with Crippen LogP contribution in [0.3, 0.4) is 0 Å². The summed E-state index contributed by atoms with van der Waals surface area (Å²) in [6.45, 7) is 7.04. The summed E-state index contributed by atoms with van der Waals surface area (Å²) in [6, 6.07) is 19.5. The molecule has 7 nitrogen and oxygen atoms in total. The molecule has 2 aromatic heterocycles. The molecule has 0 radical (unpaired) electrons. The van der Waals surface area contributed by atoms with Crippen LogP contribution in [0.1, 0.15) is 50.8 Å². The highest BCUT2D eigenvalue weighted by molar-refractivity contribution is 9.10. The average molecular weight is 659 g/mol. The fourth-order valence-corrected chi connectivity index (χ4v) is 7.39. The topological polar surface area (TPSA) is 74.8 Å². The van der Waals surface area contributed by atoms with E-state index < -0.39 is 12.0 Å². The molecule has 220 valence electrons. The van der Waals surface area contributed by atoms with Gasteiger partial charge in [0.25, 0.3) is 5.56 Å². The Morgan fingerprint density at radius 1 is 1.05 bits per heavy atom. The quantitative estimate of drug-likeness (QED) is 0.179. The van der Waals surface area contributed by atoms with E-state index in [1.165, 1.54) is 22.2 Å². The molecule has 1 aliphatic rings. The van der Waals surface area contributed by atoms with Crippen LogP contribution in [0.4, 0.5) is 0 Å². The van der Waals surface area contributed by atoms with Gasteiger partial charge in [-0.25, -0.2) is 9.79 Å². The number of halogens is 1. The van der Waals surface area contributed by atoms with Crippen molar-refractivity contribution >= 4 is 61.1 Å². The number of ether oxygens (including phenoxy) is 2. The first-order valence-corrected chi connectivity index (χ1v) is 16.1. The molecule has 1 aliphatic heterocycles. The smallest absolute Gasteiger partial charge is 0.338 e. The molecule has 0 saturated carbocycles. The lowest BCUT2D eigenvalue weighted by Crippen LogP contribution is -2.40. The first-order chi connectivity index (χ1) is 20.9. The van der Waals surface area contributed by atoms with Crippen molar-refractivity contribution in [1.82, 2.24) is 9.13 Å². The normalized spacial score (nSPS) is 15.2. The van der Waals surface area contributed by atoms with Gasteiger partial charge >= 0.3 is 5.97 Å². The number of nitrogens with zero attached hydrogens (tertiary/aromatic N) is 3. The highest BCUT2D eigenvalue weighted by atomic mass is 79.9. The Morgan fingerprint density at radius 3 is 2.58 bits per heavy atom. The van der Waals surface area contributed by atoms with Gasteiger partial charge < -0.3 is 14.0 Å². The first-order valence-electron chi connectivity index (χ1n) is 14.5. The van der Waals surface area contributed by atoms with Crippen molar-refractivity contribution in [2.75, 3.05) is 13.7 Å². The molecule has 0 aliphatic carbocycles. The Bertz CT molecular complexity index is 2100. The third kappa shape index (κ3) is 5.04. The monoisotopic (exact) mass is 657 g/mol. The van der Waals surface area contributed by atoms with Gasteiger partial charge in [0.05, 0.1) is 29.5 Å². The van der Waals surface area contributed by atoms with Crippen molar-refractivity contribution in [2.45, 2.75) is 46.2 Å². The van der Waals surface area contributed by atoms with Crippen LogP contribution >= 0.6 is 27.3 Å². The van der Waals surface area contributed by atoms with Gasteiger partial charge in [-0.05, 0) is 68.3 Å². The van der Waals surface area contributed by atoms with Crippen LogP contribution in [0.15, 0.2) is 86.2 Å². The predicted octanol–water partition coefficient (Wildman–Crippen LogP) is 6.48. The van der Waals surface area contributed by atoms with E-state index in [1.807, 2.05) is 37.3 Å². The van der Waals surface area contributed by atoms with Crippen molar-refractivity contribution in [1.29, 1.82) is 0 Å². The Labute approximate surface area is 261 Å². The van der Waals surface area contributed by atoms with Crippen LogP contribution < -0.4 is 19.6 Å². The number of methoxy groups -OCH3 is 1. The van der Waals surface area contributed by atoms with E-state index in [2.05, 4.69) is 63.8 Å². The van der Waals surface area contributed by atoms with Crippen molar-refractivity contribution < 1.29 is 14.3 Å². The van der Waals surface area contributed by atoms with Crippen molar-refractivity contribution in [2.24, 2.45) is 4.99 Å². The number of esters is 1. The Balaban J connectivity index is 1.60. The second-order valence-electron chi connectivity index (χ2n) is 10.3. The minimum atomic E-state index is -0.753. The molecule has 0 saturated heterocycles. The number of thiazole rings is 1. The third-order valence-electron chi connectivity index (χ3n) is 7.79. The maximum absolute atomic E-state index is 14.3. The minimum Gasteiger partial charge on any atom is -0.496 e. The SMILES string of the molecule is CCCC1=C(C(=O)OCC)[C@H](c2cc(Br)ccc2OC)n2c(s/c(=C/c3ccc4c(c3)c3ccccc3n4CC)c2=O)=N1. The summed E-state index contributed by atoms with van der Waals surface area (Å²) in [5, 5.41) is 2.33. The molecule has 0 bridgehead atoms. The summed E-state index contributed by atoms with van der Waals surface area (Å²) >= 11 is 4.91. The number of carbonyl (C=O) groups is 1. The number of aryl methyl sites for hydroxylation is 1. The van der Waals surface area contributed by atoms with Crippen LogP contribution in [-0.4, -0.2) is 28.8 Å². The molecule has 9 heteroatoms. The van der Waals surface area contributed by atoms with Gasteiger partial charge in [0.1, 0.15) is 11.8 Å². The van der Waals surface area contributed by atoms with E-state index in [0.29, 0.717) is 38.3 Å². The summed E-state index contributed by atoms with van der Waals surface area (Å²) in [5.41, 5.74) is 4.74. The lowest BCUT2D eigenvalue weighted by Gasteiger charge is -2.27. The lowest BCUT2D eigenvalue weighted by atomic mass is 9.93.